The molecule has 15 heavy (non-hydrogen) atoms. The molecular weight excluding hydrogens is 192 g/mol. The van der Waals surface area contributed by atoms with E-state index in [0.29, 0.717) is 31.1 Å². The summed E-state index contributed by atoms with van der Waals surface area (Å²) in [4.78, 5) is 0. The summed E-state index contributed by atoms with van der Waals surface area (Å²) in [6.45, 7) is 4.05. The average Bonchev–Trinajstić information content (AvgIpc) is 2.26. The molecule has 0 bridgehead atoms. The molecule has 0 heterocycles. The van der Waals surface area contributed by atoms with E-state index in [-0.39, 0.29) is 13.2 Å². The Morgan fingerprint density at radius 3 is 2.40 bits per heavy atom. The lowest BCUT2D eigenvalue weighted by Gasteiger charge is -2.35. The maximum absolute atomic E-state index is 8.78. The predicted octanol–water partition coefficient (Wildman–Crippen LogP) is -0.293. The molecule has 0 aromatic carbocycles. The number of hydrogen-bond donors (Lipinski definition) is 4. The van der Waals surface area contributed by atoms with Crippen LogP contribution in [0.3, 0.4) is 0 Å². The lowest BCUT2D eigenvalue weighted by atomic mass is 9.83. The molecule has 3 unspecified atom stereocenters. The van der Waals surface area contributed by atoms with Crippen LogP contribution in [0, 0.1) is 5.92 Å². The molecule has 1 rings (SSSR count). The minimum absolute atomic E-state index is 0.206. The second-order valence-electron chi connectivity index (χ2n) is 4.45. The highest BCUT2D eigenvalue weighted by Crippen LogP contribution is 2.24. The van der Waals surface area contributed by atoms with Crippen molar-refractivity contribution in [3.05, 3.63) is 0 Å². The van der Waals surface area contributed by atoms with Crippen LogP contribution in [-0.2, 0) is 0 Å². The molecule has 3 atom stereocenters. The Kier molecular flexibility index (Phi) is 6.17. The van der Waals surface area contributed by atoms with Crippen molar-refractivity contribution >= 4 is 0 Å². The summed E-state index contributed by atoms with van der Waals surface area (Å²) in [5, 5.41) is 24.2. The third kappa shape index (κ3) is 4.47. The predicted molar refractivity (Wildman–Crippen MR) is 60.8 cm³/mol. The maximum Gasteiger partial charge on any atom is 0.0556 e. The summed E-state index contributed by atoms with van der Waals surface area (Å²) < 4.78 is 0. The Morgan fingerprint density at radius 1 is 1.07 bits per heavy atom. The van der Waals surface area contributed by atoms with E-state index in [1.807, 2.05) is 0 Å². The zero-order valence-corrected chi connectivity index (χ0v) is 9.58. The fourth-order valence-electron chi connectivity index (χ4n) is 2.31. The van der Waals surface area contributed by atoms with E-state index in [1.165, 1.54) is 12.8 Å². The van der Waals surface area contributed by atoms with Crippen molar-refractivity contribution in [2.24, 2.45) is 5.92 Å². The third-order valence-corrected chi connectivity index (χ3v) is 3.26. The summed E-state index contributed by atoms with van der Waals surface area (Å²) in [6, 6.07) is 1.02. The van der Waals surface area contributed by atoms with E-state index in [0.717, 1.165) is 6.42 Å². The molecule has 4 nitrogen and oxygen atoms in total. The van der Waals surface area contributed by atoms with Crippen LogP contribution in [0.5, 0.6) is 0 Å². The van der Waals surface area contributed by atoms with Gasteiger partial charge in [-0.05, 0) is 25.2 Å². The summed E-state index contributed by atoms with van der Waals surface area (Å²) in [7, 11) is 0. The zero-order valence-electron chi connectivity index (χ0n) is 9.58. The smallest absolute Gasteiger partial charge is 0.0556 e. The van der Waals surface area contributed by atoms with Crippen molar-refractivity contribution in [1.82, 2.24) is 10.6 Å². The fraction of sp³-hybridized carbons (Fsp3) is 1.00. The van der Waals surface area contributed by atoms with Gasteiger partial charge in [0.1, 0.15) is 0 Å². The number of aliphatic hydroxyl groups is 2. The molecule has 4 N–H and O–H groups in total. The molecule has 0 aromatic heterocycles. The molecule has 90 valence electrons. The van der Waals surface area contributed by atoms with Gasteiger partial charge in [0.2, 0.25) is 0 Å². The number of rotatable bonds is 6. The van der Waals surface area contributed by atoms with Crippen LogP contribution in [0.1, 0.15) is 26.2 Å². The summed E-state index contributed by atoms with van der Waals surface area (Å²) in [5.74, 6) is 0.684. The monoisotopic (exact) mass is 216 g/mol. The molecule has 4 heteroatoms. The topological polar surface area (TPSA) is 64.5 Å². The van der Waals surface area contributed by atoms with Gasteiger partial charge in [-0.2, -0.15) is 0 Å². The molecule has 0 amide bonds. The lowest BCUT2D eigenvalue weighted by molar-refractivity contribution is 0.205. The van der Waals surface area contributed by atoms with Crippen LogP contribution in [0.4, 0.5) is 0 Å². The Bertz CT molecular complexity index is 165. The zero-order chi connectivity index (χ0) is 11.1. The highest BCUT2D eigenvalue weighted by atomic mass is 16.3. The van der Waals surface area contributed by atoms with Crippen LogP contribution in [0.15, 0.2) is 0 Å². The van der Waals surface area contributed by atoms with E-state index < -0.39 is 0 Å². The van der Waals surface area contributed by atoms with E-state index in [2.05, 4.69) is 17.6 Å². The maximum atomic E-state index is 8.78. The molecule has 0 radical (unpaired) electrons. The Balaban J connectivity index is 2.27. The average molecular weight is 216 g/mol. The van der Waals surface area contributed by atoms with Gasteiger partial charge in [0.05, 0.1) is 13.2 Å². The van der Waals surface area contributed by atoms with Crippen LogP contribution in [0.2, 0.25) is 0 Å². The molecule has 1 fully saturated rings. The van der Waals surface area contributed by atoms with E-state index >= 15 is 0 Å². The molecule has 1 aliphatic carbocycles. The fourth-order valence-corrected chi connectivity index (χ4v) is 2.31. The molecule has 0 aromatic rings. The van der Waals surface area contributed by atoms with Gasteiger partial charge in [0.15, 0.2) is 0 Å². The van der Waals surface area contributed by atoms with Gasteiger partial charge >= 0.3 is 0 Å². The highest BCUT2D eigenvalue weighted by molar-refractivity contribution is 4.86. The van der Waals surface area contributed by atoms with Gasteiger partial charge in [-0.25, -0.2) is 0 Å². The standard InChI is InChI=1S/C11H24N2O2/c1-9-2-3-10(12-4-6-14)8-11(9)13-5-7-15/h9-15H,2-8H2,1H3. The van der Waals surface area contributed by atoms with Gasteiger partial charge < -0.3 is 20.8 Å². The van der Waals surface area contributed by atoms with Crippen LogP contribution in [0.25, 0.3) is 0 Å². The summed E-state index contributed by atoms with van der Waals surface area (Å²) in [5.41, 5.74) is 0. The third-order valence-electron chi connectivity index (χ3n) is 3.26. The normalized spacial score (nSPS) is 31.8. The van der Waals surface area contributed by atoms with E-state index in [4.69, 9.17) is 10.2 Å². The first kappa shape index (κ1) is 12.9. The van der Waals surface area contributed by atoms with Gasteiger partial charge in [0, 0.05) is 25.2 Å². The van der Waals surface area contributed by atoms with Crippen molar-refractivity contribution in [2.75, 3.05) is 26.3 Å². The molecular formula is C11H24N2O2. The van der Waals surface area contributed by atoms with Gasteiger partial charge in [-0.15, -0.1) is 0 Å². The highest BCUT2D eigenvalue weighted by Gasteiger charge is 2.26. The Hall–Kier alpha value is -0.160. The first-order chi connectivity index (χ1) is 7.27. The summed E-state index contributed by atoms with van der Waals surface area (Å²) in [6.07, 6.45) is 3.51. The second-order valence-corrected chi connectivity index (χ2v) is 4.45. The minimum Gasteiger partial charge on any atom is -0.395 e. The largest absolute Gasteiger partial charge is 0.395 e. The van der Waals surface area contributed by atoms with Crippen LogP contribution >= 0.6 is 0 Å². The van der Waals surface area contributed by atoms with E-state index in [1.54, 1.807) is 0 Å². The molecule has 0 spiro atoms. The first-order valence-electron chi connectivity index (χ1n) is 5.96. The second kappa shape index (κ2) is 7.17. The van der Waals surface area contributed by atoms with Crippen molar-refractivity contribution in [3.8, 4) is 0 Å². The molecule has 0 saturated heterocycles. The minimum atomic E-state index is 0.206. The summed E-state index contributed by atoms with van der Waals surface area (Å²) >= 11 is 0. The first-order valence-corrected chi connectivity index (χ1v) is 5.96. The number of hydrogen-bond acceptors (Lipinski definition) is 4. The van der Waals surface area contributed by atoms with Gasteiger partial charge in [0.25, 0.3) is 0 Å². The molecule has 0 aliphatic heterocycles. The van der Waals surface area contributed by atoms with Crippen molar-refractivity contribution in [2.45, 2.75) is 38.3 Å². The molecule has 1 saturated carbocycles. The lowest BCUT2D eigenvalue weighted by Crippen LogP contribution is -2.47. The number of aliphatic hydroxyl groups excluding tert-OH is 2. The number of nitrogens with one attached hydrogen (secondary N) is 2. The van der Waals surface area contributed by atoms with Gasteiger partial charge in [-0.1, -0.05) is 6.92 Å². The molecule has 1 aliphatic rings. The van der Waals surface area contributed by atoms with Crippen molar-refractivity contribution < 1.29 is 10.2 Å². The Labute approximate surface area is 92.1 Å². The van der Waals surface area contributed by atoms with Crippen LogP contribution < -0.4 is 10.6 Å². The van der Waals surface area contributed by atoms with Crippen molar-refractivity contribution in [1.29, 1.82) is 0 Å². The van der Waals surface area contributed by atoms with Gasteiger partial charge in [-0.3, -0.25) is 0 Å². The Morgan fingerprint density at radius 2 is 1.73 bits per heavy atom. The SMILES string of the molecule is CC1CCC(NCCO)CC1NCCO. The van der Waals surface area contributed by atoms with Crippen molar-refractivity contribution in [3.63, 3.8) is 0 Å². The van der Waals surface area contributed by atoms with E-state index in [9.17, 15) is 0 Å². The van der Waals surface area contributed by atoms with Crippen LogP contribution in [-0.4, -0.2) is 48.6 Å². The quantitative estimate of drug-likeness (QED) is 0.492.